The largest absolute Gasteiger partial charge is 0.490 e. The first-order valence-corrected chi connectivity index (χ1v) is 9.69. The van der Waals surface area contributed by atoms with Gasteiger partial charge in [0.25, 0.3) is 0 Å². The summed E-state index contributed by atoms with van der Waals surface area (Å²) in [5.74, 6) is 0.0617. The predicted octanol–water partition coefficient (Wildman–Crippen LogP) is 3.81. The summed E-state index contributed by atoms with van der Waals surface area (Å²) in [4.78, 5) is 12.2. The summed E-state index contributed by atoms with van der Waals surface area (Å²) >= 11 is 1.30. The lowest BCUT2D eigenvalue weighted by Crippen LogP contribution is -2.19. The SMILES string of the molecule is CS/C(NCc1ccccc1)=C(\C#N)C(=O)OCCOc1cccc(C)c1. The highest BCUT2D eigenvalue weighted by Gasteiger charge is 2.16. The maximum absolute atomic E-state index is 12.2. The van der Waals surface area contributed by atoms with Crippen molar-refractivity contribution < 1.29 is 14.3 Å². The van der Waals surface area contributed by atoms with Crippen LogP contribution in [0.4, 0.5) is 0 Å². The van der Waals surface area contributed by atoms with Crippen LogP contribution in [0.1, 0.15) is 11.1 Å². The van der Waals surface area contributed by atoms with Crippen LogP contribution in [0, 0.1) is 18.3 Å². The van der Waals surface area contributed by atoms with Gasteiger partial charge in [0.05, 0.1) is 5.03 Å². The van der Waals surface area contributed by atoms with Gasteiger partial charge < -0.3 is 14.8 Å². The van der Waals surface area contributed by atoms with Gasteiger partial charge in [-0.1, -0.05) is 42.5 Å². The molecule has 5 nitrogen and oxygen atoms in total. The van der Waals surface area contributed by atoms with Crippen LogP contribution in [0.3, 0.4) is 0 Å². The predicted molar refractivity (Wildman–Crippen MR) is 107 cm³/mol. The van der Waals surface area contributed by atoms with E-state index >= 15 is 0 Å². The lowest BCUT2D eigenvalue weighted by molar-refractivity contribution is -0.139. The molecule has 27 heavy (non-hydrogen) atoms. The zero-order chi connectivity index (χ0) is 19.5. The number of carbonyl (C=O) groups is 1. The normalized spacial score (nSPS) is 11.1. The second kappa shape index (κ2) is 10.9. The molecular formula is C21H22N2O3S. The van der Waals surface area contributed by atoms with Crippen molar-refractivity contribution in [3.05, 3.63) is 76.3 Å². The fraction of sp³-hybridized carbons (Fsp3) is 0.238. The van der Waals surface area contributed by atoms with Crippen molar-refractivity contribution in [1.82, 2.24) is 5.32 Å². The minimum atomic E-state index is -0.657. The lowest BCUT2D eigenvalue weighted by atomic mass is 10.2. The number of hydrogen-bond donors (Lipinski definition) is 1. The Morgan fingerprint density at radius 1 is 1.15 bits per heavy atom. The Morgan fingerprint density at radius 3 is 2.59 bits per heavy atom. The summed E-state index contributed by atoms with van der Waals surface area (Å²) in [5.41, 5.74) is 2.11. The second-order valence-corrected chi connectivity index (χ2v) is 6.48. The van der Waals surface area contributed by atoms with Crippen molar-refractivity contribution in [2.24, 2.45) is 0 Å². The zero-order valence-corrected chi connectivity index (χ0v) is 16.2. The Hall–Kier alpha value is -2.91. The maximum atomic E-state index is 12.2. The molecule has 2 aromatic carbocycles. The quantitative estimate of drug-likeness (QED) is 0.308. The van der Waals surface area contributed by atoms with Crippen molar-refractivity contribution in [3.8, 4) is 11.8 Å². The summed E-state index contributed by atoms with van der Waals surface area (Å²) in [7, 11) is 0. The molecule has 0 saturated heterocycles. The highest BCUT2D eigenvalue weighted by molar-refractivity contribution is 8.02. The molecule has 6 heteroatoms. The van der Waals surface area contributed by atoms with E-state index in [-0.39, 0.29) is 18.8 Å². The molecule has 0 aliphatic rings. The third-order valence-electron chi connectivity index (χ3n) is 3.62. The summed E-state index contributed by atoms with van der Waals surface area (Å²) < 4.78 is 10.7. The van der Waals surface area contributed by atoms with Gasteiger partial charge in [0.1, 0.15) is 25.0 Å². The van der Waals surface area contributed by atoms with E-state index in [0.717, 1.165) is 16.9 Å². The number of ether oxygens (including phenoxy) is 2. The molecule has 0 radical (unpaired) electrons. The third kappa shape index (κ3) is 6.72. The van der Waals surface area contributed by atoms with Crippen LogP contribution in [-0.4, -0.2) is 25.4 Å². The van der Waals surface area contributed by atoms with Gasteiger partial charge in [0.15, 0.2) is 5.57 Å². The number of thioether (sulfide) groups is 1. The van der Waals surface area contributed by atoms with Gasteiger partial charge >= 0.3 is 5.97 Å². The van der Waals surface area contributed by atoms with Crippen molar-refractivity contribution >= 4 is 17.7 Å². The Bertz CT molecular complexity index is 829. The summed E-state index contributed by atoms with van der Waals surface area (Å²) in [6.07, 6.45) is 1.80. The molecule has 0 spiro atoms. The molecular weight excluding hydrogens is 360 g/mol. The van der Waals surface area contributed by atoms with Crippen molar-refractivity contribution in [2.75, 3.05) is 19.5 Å². The Labute approximate surface area is 164 Å². The number of nitrogens with one attached hydrogen (secondary N) is 1. The minimum absolute atomic E-state index is 0.0333. The average Bonchev–Trinajstić information content (AvgIpc) is 2.69. The number of nitriles is 1. The third-order valence-corrected chi connectivity index (χ3v) is 4.37. The molecule has 2 aromatic rings. The van der Waals surface area contributed by atoms with Crippen LogP contribution in [0.5, 0.6) is 5.75 Å². The van der Waals surface area contributed by atoms with E-state index in [1.165, 1.54) is 11.8 Å². The number of rotatable bonds is 9. The Balaban J connectivity index is 1.88. The number of esters is 1. The number of aryl methyl sites for hydroxylation is 1. The molecule has 2 rings (SSSR count). The molecule has 140 valence electrons. The van der Waals surface area contributed by atoms with E-state index in [0.29, 0.717) is 11.6 Å². The van der Waals surface area contributed by atoms with Gasteiger partial charge in [0, 0.05) is 6.54 Å². The molecule has 0 aromatic heterocycles. The highest BCUT2D eigenvalue weighted by atomic mass is 32.2. The van der Waals surface area contributed by atoms with Gasteiger partial charge in [-0.3, -0.25) is 0 Å². The zero-order valence-electron chi connectivity index (χ0n) is 15.4. The highest BCUT2D eigenvalue weighted by Crippen LogP contribution is 2.16. The molecule has 0 aliphatic heterocycles. The van der Waals surface area contributed by atoms with Crippen LogP contribution in [0.2, 0.25) is 0 Å². The monoisotopic (exact) mass is 382 g/mol. The van der Waals surface area contributed by atoms with Crippen LogP contribution in [-0.2, 0) is 16.1 Å². The van der Waals surface area contributed by atoms with E-state index in [4.69, 9.17) is 9.47 Å². The summed E-state index contributed by atoms with van der Waals surface area (Å²) in [6.45, 7) is 2.79. The van der Waals surface area contributed by atoms with Crippen molar-refractivity contribution in [2.45, 2.75) is 13.5 Å². The topological polar surface area (TPSA) is 71.4 Å². The fourth-order valence-electron chi connectivity index (χ4n) is 2.30. The van der Waals surface area contributed by atoms with E-state index < -0.39 is 5.97 Å². The number of benzene rings is 2. The first kappa shape index (κ1) is 20.4. The van der Waals surface area contributed by atoms with Crippen LogP contribution >= 0.6 is 11.8 Å². The molecule has 0 bridgehead atoms. The molecule has 0 unspecified atom stereocenters. The first-order valence-electron chi connectivity index (χ1n) is 8.46. The number of nitrogens with zero attached hydrogens (tertiary/aromatic N) is 1. The molecule has 1 N–H and O–H groups in total. The van der Waals surface area contributed by atoms with E-state index in [1.807, 2.05) is 67.6 Å². The first-order chi connectivity index (χ1) is 13.1. The molecule has 0 aliphatic carbocycles. The Kier molecular flexibility index (Phi) is 8.27. The van der Waals surface area contributed by atoms with E-state index in [1.54, 1.807) is 6.26 Å². The molecule has 0 amide bonds. The van der Waals surface area contributed by atoms with Gasteiger partial charge in [-0.05, 0) is 36.4 Å². The van der Waals surface area contributed by atoms with Crippen LogP contribution < -0.4 is 10.1 Å². The minimum Gasteiger partial charge on any atom is -0.490 e. The van der Waals surface area contributed by atoms with Gasteiger partial charge in [-0.2, -0.15) is 5.26 Å². The molecule has 0 saturated carbocycles. The second-order valence-electron chi connectivity index (χ2n) is 5.66. The molecule has 0 fully saturated rings. The standard InChI is InChI=1S/C21H22N2O3S/c1-16-7-6-10-18(13-16)25-11-12-26-21(24)19(14-22)20(27-2)23-15-17-8-4-3-5-9-17/h3-10,13,23H,11-12,15H2,1-2H3/b20-19+. The lowest BCUT2D eigenvalue weighted by Gasteiger charge is -2.12. The van der Waals surface area contributed by atoms with Gasteiger partial charge in [0.2, 0.25) is 0 Å². The fourth-order valence-corrected chi connectivity index (χ4v) is 2.85. The summed E-state index contributed by atoms with van der Waals surface area (Å²) in [5, 5.41) is 13.0. The summed E-state index contributed by atoms with van der Waals surface area (Å²) in [6, 6.07) is 19.3. The Morgan fingerprint density at radius 2 is 1.93 bits per heavy atom. The van der Waals surface area contributed by atoms with Crippen LogP contribution in [0.15, 0.2) is 65.2 Å². The van der Waals surface area contributed by atoms with Gasteiger partial charge in [-0.15, -0.1) is 11.8 Å². The van der Waals surface area contributed by atoms with Gasteiger partial charge in [-0.25, -0.2) is 4.79 Å². The van der Waals surface area contributed by atoms with E-state index in [9.17, 15) is 10.1 Å². The van der Waals surface area contributed by atoms with Crippen molar-refractivity contribution in [3.63, 3.8) is 0 Å². The molecule has 0 atom stereocenters. The van der Waals surface area contributed by atoms with Crippen LogP contribution in [0.25, 0.3) is 0 Å². The number of carbonyl (C=O) groups excluding carboxylic acids is 1. The molecule has 0 heterocycles. The van der Waals surface area contributed by atoms with Crippen molar-refractivity contribution in [1.29, 1.82) is 5.26 Å². The number of hydrogen-bond acceptors (Lipinski definition) is 6. The smallest absolute Gasteiger partial charge is 0.351 e. The average molecular weight is 382 g/mol. The maximum Gasteiger partial charge on any atom is 0.351 e. The van der Waals surface area contributed by atoms with E-state index in [2.05, 4.69) is 5.32 Å².